The fraction of sp³-hybridized carbons (Fsp3) is 0.353. The van der Waals surface area contributed by atoms with Gasteiger partial charge in [-0.05, 0) is 26.1 Å². The molecule has 1 aromatic carbocycles. The second-order valence-electron chi connectivity index (χ2n) is 5.99. The summed E-state index contributed by atoms with van der Waals surface area (Å²) in [4.78, 5) is 30.7. The van der Waals surface area contributed by atoms with Gasteiger partial charge in [0.25, 0.3) is 5.56 Å². The summed E-state index contributed by atoms with van der Waals surface area (Å²) in [5.41, 5.74) is 1.10. The first-order chi connectivity index (χ1) is 11.4. The fourth-order valence-electron chi connectivity index (χ4n) is 2.58. The van der Waals surface area contributed by atoms with Crippen LogP contribution in [0, 0.1) is 0 Å². The Balaban J connectivity index is 1.88. The minimum Gasteiger partial charge on any atom is -0.299 e. The molecule has 0 radical (unpaired) electrons. The maximum Gasteiger partial charge on any atom is 0.330 e. The molecule has 0 saturated carbocycles. The number of hydrogen-bond donors (Lipinski definition) is 0. The maximum atomic E-state index is 12.0. The van der Waals surface area contributed by atoms with Gasteiger partial charge in [-0.2, -0.15) is 0 Å². The Morgan fingerprint density at radius 1 is 1.21 bits per heavy atom. The third kappa shape index (κ3) is 2.92. The van der Waals surface area contributed by atoms with E-state index < -0.39 is 0 Å². The van der Waals surface area contributed by atoms with Crippen molar-refractivity contribution in [3.05, 3.63) is 61.9 Å². The lowest BCUT2D eigenvalue weighted by atomic mass is 10.2. The highest BCUT2D eigenvalue weighted by Gasteiger charge is 2.18. The number of rotatable bonds is 4. The molecule has 6 nitrogen and oxygen atoms in total. The molecule has 0 amide bonds. The third-order valence-electron chi connectivity index (χ3n) is 4.37. The van der Waals surface area contributed by atoms with Crippen LogP contribution in [0.1, 0.15) is 23.7 Å². The number of fused-ring (bicyclic) bond motifs is 1. The summed E-state index contributed by atoms with van der Waals surface area (Å²) < 4.78 is 3.79. The van der Waals surface area contributed by atoms with Crippen LogP contribution < -0.4 is 11.2 Å². The topological polar surface area (TPSA) is 60.1 Å². The van der Waals surface area contributed by atoms with Crippen LogP contribution in [0.25, 0.3) is 10.2 Å². The van der Waals surface area contributed by atoms with Gasteiger partial charge < -0.3 is 0 Å². The first kappa shape index (κ1) is 16.6. The van der Waals surface area contributed by atoms with Gasteiger partial charge in [-0.15, -0.1) is 11.3 Å². The summed E-state index contributed by atoms with van der Waals surface area (Å²) in [6.45, 7) is 2.58. The Hall–Kier alpha value is -2.25. The molecule has 0 fully saturated rings. The second-order valence-corrected chi connectivity index (χ2v) is 7.05. The van der Waals surface area contributed by atoms with Gasteiger partial charge in [0.05, 0.1) is 16.3 Å². The highest BCUT2D eigenvalue weighted by Crippen LogP contribution is 2.29. The van der Waals surface area contributed by atoms with Crippen molar-refractivity contribution in [3.8, 4) is 0 Å². The van der Waals surface area contributed by atoms with E-state index in [2.05, 4.69) is 22.9 Å². The van der Waals surface area contributed by atoms with Crippen LogP contribution in [0.15, 0.2) is 39.9 Å². The lowest BCUT2D eigenvalue weighted by Gasteiger charge is -2.23. The zero-order chi connectivity index (χ0) is 17.4. The average Bonchev–Trinajstić information content (AvgIpc) is 3.01. The molecule has 126 valence electrons. The molecule has 0 saturated heterocycles. The first-order valence-electron chi connectivity index (χ1n) is 7.70. The largest absolute Gasteiger partial charge is 0.330 e. The second kappa shape index (κ2) is 6.33. The van der Waals surface area contributed by atoms with E-state index in [-0.39, 0.29) is 17.3 Å². The lowest BCUT2D eigenvalue weighted by molar-refractivity contribution is 0.245. The van der Waals surface area contributed by atoms with Gasteiger partial charge in [-0.3, -0.25) is 18.8 Å². The van der Waals surface area contributed by atoms with Crippen LogP contribution in [0.4, 0.5) is 0 Å². The third-order valence-corrected chi connectivity index (χ3v) is 5.57. The van der Waals surface area contributed by atoms with Gasteiger partial charge in [0.1, 0.15) is 5.01 Å². The minimum atomic E-state index is -0.307. The van der Waals surface area contributed by atoms with Crippen molar-refractivity contribution in [3.63, 3.8) is 0 Å². The van der Waals surface area contributed by atoms with Crippen LogP contribution in [0.3, 0.4) is 0 Å². The molecule has 3 rings (SSSR count). The van der Waals surface area contributed by atoms with E-state index in [0.717, 1.165) is 19.8 Å². The summed E-state index contributed by atoms with van der Waals surface area (Å²) in [6.07, 6.45) is 0. The van der Waals surface area contributed by atoms with E-state index in [0.29, 0.717) is 12.2 Å². The Morgan fingerprint density at radius 2 is 1.92 bits per heavy atom. The van der Waals surface area contributed by atoms with E-state index in [9.17, 15) is 9.59 Å². The van der Waals surface area contributed by atoms with Crippen molar-refractivity contribution in [2.24, 2.45) is 14.1 Å². The highest BCUT2D eigenvalue weighted by atomic mass is 32.1. The van der Waals surface area contributed by atoms with Crippen LogP contribution in [0.2, 0.25) is 0 Å². The van der Waals surface area contributed by atoms with Gasteiger partial charge in [0.2, 0.25) is 0 Å². The molecule has 1 unspecified atom stereocenters. The molecule has 0 N–H and O–H groups in total. The van der Waals surface area contributed by atoms with Crippen LogP contribution in [-0.4, -0.2) is 26.1 Å². The Kier molecular flexibility index (Phi) is 4.38. The smallest absolute Gasteiger partial charge is 0.299 e. The summed E-state index contributed by atoms with van der Waals surface area (Å²) in [7, 11) is 5.15. The molecule has 0 spiro atoms. The zero-order valence-corrected chi connectivity index (χ0v) is 15.0. The quantitative estimate of drug-likeness (QED) is 0.725. The number of nitrogens with zero attached hydrogens (tertiary/aromatic N) is 4. The fourth-order valence-corrected chi connectivity index (χ4v) is 3.66. The van der Waals surface area contributed by atoms with Crippen molar-refractivity contribution in [1.82, 2.24) is 19.0 Å². The number of benzene rings is 1. The molecule has 0 aliphatic heterocycles. The predicted molar refractivity (Wildman–Crippen MR) is 96.4 cm³/mol. The molecule has 2 aromatic heterocycles. The van der Waals surface area contributed by atoms with Crippen LogP contribution in [-0.2, 0) is 20.6 Å². The predicted octanol–water partition coefficient (Wildman–Crippen LogP) is 1.89. The SMILES string of the molecule is CC(c1nc2ccccc2s1)N(C)Cc1cc(=O)n(C)c(=O)n1C. The van der Waals surface area contributed by atoms with Crippen LogP contribution >= 0.6 is 11.3 Å². The lowest BCUT2D eigenvalue weighted by Crippen LogP contribution is -2.39. The molecule has 24 heavy (non-hydrogen) atoms. The summed E-state index contributed by atoms with van der Waals surface area (Å²) in [5.74, 6) is 0. The van der Waals surface area contributed by atoms with Gasteiger partial charge in [0.15, 0.2) is 0 Å². The van der Waals surface area contributed by atoms with E-state index in [1.165, 1.54) is 17.7 Å². The highest BCUT2D eigenvalue weighted by molar-refractivity contribution is 7.18. The molecule has 2 heterocycles. The molecular weight excluding hydrogens is 324 g/mol. The number of thiazole rings is 1. The Labute approximate surface area is 143 Å². The zero-order valence-electron chi connectivity index (χ0n) is 14.2. The monoisotopic (exact) mass is 344 g/mol. The summed E-state index contributed by atoms with van der Waals surface area (Å²) in [6, 6.07) is 9.66. The average molecular weight is 344 g/mol. The van der Waals surface area contributed by atoms with Gasteiger partial charge in [-0.25, -0.2) is 9.78 Å². The van der Waals surface area contributed by atoms with Crippen molar-refractivity contribution in [1.29, 1.82) is 0 Å². The van der Waals surface area contributed by atoms with E-state index in [4.69, 9.17) is 0 Å². The number of para-hydroxylation sites is 1. The maximum absolute atomic E-state index is 12.0. The van der Waals surface area contributed by atoms with Crippen molar-refractivity contribution < 1.29 is 0 Å². The molecule has 1 atom stereocenters. The number of aromatic nitrogens is 3. The molecule has 7 heteroatoms. The van der Waals surface area contributed by atoms with Crippen molar-refractivity contribution in [2.45, 2.75) is 19.5 Å². The van der Waals surface area contributed by atoms with Gasteiger partial charge in [-0.1, -0.05) is 12.1 Å². The molecular formula is C17H20N4O2S. The molecule has 0 aliphatic rings. The summed E-state index contributed by atoms with van der Waals surface area (Å²) >= 11 is 1.67. The number of hydrogen-bond acceptors (Lipinski definition) is 5. The minimum absolute atomic E-state index is 0.0848. The van der Waals surface area contributed by atoms with Crippen molar-refractivity contribution in [2.75, 3.05) is 7.05 Å². The molecule has 0 aliphatic carbocycles. The van der Waals surface area contributed by atoms with E-state index in [1.807, 2.05) is 25.2 Å². The van der Waals surface area contributed by atoms with Gasteiger partial charge >= 0.3 is 5.69 Å². The van der Waals surface area contributed by atoms with E-state index >= 15 is 0 Å². The molecule has 0 bridgehead atoms. The van der Waals surface area contributed by atoms with E-state index in [1.54, 1.807) is 18.4 Å². The first-order valence-corrected chi connectivity index (χ1v) is 8.51. The standard InChI is InChI=1S/C17H20N4O2S/c1-11(16-18-13-7-5-6-8-14(13)24-16)19(2)10-12-9-15(22)21(4)17(23)20(12)3/h5-9,11H,10H2,1-4H3. The Morgan fingerprint density at radius 3 is 2.62 bits per heavy atom. The van der Waals surface area contributed by atoms with Crippen molar-refractivity contribution >= 4 is 21.6 Å². The normalized spacial score (nSPS) is 12.9. The summed E-state index contributed by atoms with van der Waals surface area (Å²) in [5, 5.41) is 1.02. The van der Waals surface area contributed by atoms with Crippen LogP contribution in [0.5, 0.6) is 0 Å². The van der Waals surface area contributed by atoms with Gasteiger partial charge in [0, 0.05) is 32.4 Å². The Bertz CT molecular complexity index is 969. The molecule has 3 aromatic rings.